The minimum atomic E-state index is -0.287. The normalized spacial score (nSPS) is 22.8. The van der Waals surface area contributed by atoms with Gasteiger partial charge in [-0.3, -0.25) is 4.79 Å². The molecule has 1 fully saturated rings. The standard InChI is InChI=1S/C9H13NOS/c1-2-9(11)10-6-8-4-3-5-12-7-8/h1,8H,3-7H2,(H,10,11). The van der Waals surface area contributed by atoms with Gasteiger partial charge in [0, 0.05) is 6.54 Å². The number of carbonyl (C=O) groups is 1. The molecule has 1 atom stereocenters. The second-order valence-corrected chi connectivity index (χ2v) is 4.09. The van der Waals surface area contributed by atoms with Crippen molar-refractivity contribution in [2.24, 2.45) is 5.92 Å². The van der Waals surface area contributed by atoms with Gasteiger partial charge in [0.2, 0.25) is 0 Å². The summed E-state index contributed by atoms with van der Waals surface area (Å²) < 4.78 is 0. The smallest absolute Gasteiger partial charge is 0.295 e. The SMILES string of the molecule is C#CC(=O)NCC1CCCSC1. The van der Waals surface area contributed by atoms with Crippen LogP contribution in [-0.2, 0) is 4.79 Å². The molecular formula is C9H13NOS. The first-order valence-electron chi connectivity index (χ1n) is 4.15. The molecule has 1 aliphatic rings. The highest BCUT2D eigenvalue weighted by atomic mass is 32.2. The van der Waals surface area contributed by atoms with Gasteiger partial charge in [-0.15, -0.1) is 6.42 Å². The van der Waals surface area contributed by atoms with Crippen LogP contribution in [0.5, 0.6) is 0 Å². The maximum Gasteiger partial charge on any atom is 0.295 e. The van der Waals surface area contributed by atoms with Crippen molar-refractivity contribution in [3.8, 4) is 12.3 Å². The predicted octanol–water partition coefficient (Wildman–Crippen LogP) is 0.879. The second kappa shape index (κ2) is 5.10. The Kier molecular flexibility index (Phi) is 4.02. The monoisotopic (exact) mass is 183 g/mol. The second-order valence-electron chi connectivity index (χ2n) is 2.94. The lowest BCUT2D eigenvalue weighted by Crippen LogP contribution is -2.30. The molecule has 66 valence electrons. The average Bonchev–Trinajstić information content (AvgIpc) is 2.16. The van der Waals surface area contributed by atoms with Crippen molar-refractivity contribution in [2.45, 2.75) is 12.8 Å². The van der Waals surface area contributed by atoms with E-state index in [4.69, 9.17) is 6.42 Å². The number of nitrogens with one attached hydrogen (secondary N) is 1. The summed E-state index contributed by atoms with van der Waals surface area (Å²) in [5, 5.41) is 2.71. The summed E-state index contributed by atoms with van der Waals surface area (Å²) >= 11 is 1.96. The molecule has 12 heavy (non-hydrogen) atoms. The van der Waals surface area contributed by atoms with Crippen molar-refractivity contribution in [2.75, 3.05) is 18.1 Å². The number of amides is 1. The molecule has 0 saturated carbocycles. The maximum atomic E-state index is 10.7. The topological polar surface area (TPSA) is 29.1 Å². The molecular weight excluding hydrogens is 170 g/mol. The summed E-state index contributed by atoms with van der Waals surface area (Å²) in [5.74, 6) is 4.81. The summed E-state index contributed by atoms with van der Waals surface area (Å²) in [6, 6.07) is 0. The molecule has 0 aliphatic carbocycles. The number of carbonyl (C=O) groups excluding carboxylic acids is 1. The fraction of sp³-hybridized carbons (Fsp3) is 0.667. The van der Waals surface area contributed by atoms with E-state index in [1.807, 2.05) is 17.7 Å². The Morgan fingerprint density at radius 3 is 3.17 bits per heavy atom. The minimum absolute atomic E-state index is 0.287. The fourth-order valence-electron chi connectivity index (χ4n) is 1.26. The molecule has 1 heterocycles. The van der Waals surface area contributed by atoms with Crippen LogP contribution in [0.15, 0.2) is 0 Å². The van der Waals surface area contributed by atoms with Gasteiger partial charge in [0.1, 0.15) is 0 Å². The number of hydrogen-bond donors (Lipinski definition) is 1. The molecule has 3 heteroatoms. The van der Waals surface area contributed by atoms with Gasteiger partial charge in [-0.25, -0.2) is 0 Å². The van der Waals surface area contributed by atoms with Crippen LogP contribution in [0.3, 0.4) is 0 Å². The molecule has 0 aromatic heterocycles. The summed E-state index contributed by atoms with van der Waals surface area (Å²) in [6.07, 6.45) is 7.41. The van der Waals surface area contributed by atoms with Gasteiger partial charge in [-0.1, -0.05) is 0 Å². The van der Waals surface area contributed by atoms with Crippen LogP contribution in [-0.4, -0.2) is 24.0 Å². The van der Waals surface area contributed by atoms with Crippen molar-refractivity contribution in [1.82, 2.24) is 5.32 Å². The molecule has 1 saturated heterocycles. The van der Waals surface area contributed by atoms with E-state index in [2.05, 4.69) is 5.32 Å². The van der Waals surface area contributed by atoms with E-state index in [0.717, 1.165) is 12.3 Å². The molecule has 0 aromatic carbocycles. The van der Waals surface area contributed by atoms with Gasteiger partial charge in [0.25, 0.3) is 5.91 Å². The van der Waals surface area contributed by atoms with Crippen molar-refractivity contribution in [1.29, 1.82) is 0 Å². The Hall–Kier alpha value is -0.620. The molecule has 0 radical (unpaired) electrons. The molecule has 1 N–H and O–H groups in total. The minimum Gasteiger partial charge on any atom is -0.345 e. The van der Waals surface area contributed by atoms with Crippen LogP contribution in [0.1, 0.15) is 12.8 Å². The molecule has 1 unspecified atom stereocenters. The summed E-state index contributed by atoms with van der Waals surface area (Å²) in [7, 11) is 0. The number of thioether (sulfide) groups is 1. The van der Waals surface area contributed by atoms with Crippen LogP contribution >= 0.6 is 11.8 Å². The van der Waals surface area contributed by atoms with Crippen LogP contribution < -0.4 is 5.32 Å². The van der Waals surface area contributed by atoms with E-state index < -0.39 is 0 Å². The quantitative estimate of drug-likeness (QED) is 0.644. The van der Waals surface area contributed by atoms with E-state index in [-0.39, 0.29) is 5.91 Å². The van der Waals surface area contributed by atoms with Crippen molar-refractivity contribution in [3.05, 3.63) is 0 Å². The lowest BCUT2D eigenvalue weighted by molar-refractivity contribution is -0.115. The summed E-state index contributed by atoms with van der Waals surface area (Å²) in [5.41, 5.74) is 0. The summed E-state index contributed by atoms with van der Waals surface area (Å²) in [6.45, 7) is 0.746. The Labute approximate surface area is 77.5 Å². The van der Waals surface area contributed by atoms with Gasteiger partial charge in [-0.05, 0) is 36.2 Å². The molecule has 1 aliphatic heterocycles. The first-order chi connectivity index (χ1) is 5.83. The number of hydrogen-bond acceptors (Lipinski definition) is 2. The van der Waals surface area contributed by atoms with E-state index >= 15 is 0 Å². The predicted molar refractivity (Wildman–Crippen MR) is 51.9 cm³/mol. The van der Waals surface area contributed by atoms with E-state index in [0.29, 0.717) is 5.92 Å². The van der Waals surface area contributed by atoms with Crippen molar-refractivity contribution >= 4 is 17.7 Å². The first-order valence-corrected chi connectivity index (χ1v) is 5.30. The maximum absolute atomic E-state index is 10.7. The van der Waals surface area contributed by atoms with E-state index in [1.165, 1.54) is 18.6 Å². The Bertz CT molecular complexity index is 191. The highest BCUT2D eigenvalue weighted by Gasteiger charge is 2.13. The average molecular weight is 183 g/mol. The van der Waals surface area contributed by atoms with Gasteiger partial charge < -0.3 is 5.32 Å². The lowest BCUT2D eigenvalue weighted by Gasteiger charge is -2.20. The van der Waals surface area contributed by atoms with E-state index in [1.54, 1.807) is 0 Å². The fourth-order valence-corrected chi connectivity index (χ4v) is 2.41. The Morgan fingerprint density at radius 2 is 2.58 bits per heavy atom. The zero-order chi connectivity index (χ0) is 8.81. The molecule has 1 amide bonds. The first kappa shape index (κ1) is 9.47. The third kappa shape index (κ3) is 3.19. The van der Waals surface area contributed by atoms with E-state index in [9.17, 15) is 4.79 Å². The third-order valence-corrected chi connectivity index (χ3v) is 3.22. The number of terminal acetylenes is 1. The zero-order valence-electron chi connectivity index (χ0n) is 7.01. The van der Waals surface area contributed by atoms with Crippen molar-refractivity contribution in [3.63, 3.8) is 0 Å². The van der Waals surface area contributed by atoms with Gasteiger partial charge in [0.05, 0.1) is 0 Å². The van der Waals surface area contributed by atoms with Gasteiger partial charge in [0.15, 0.2) is 0 Å². The molecule has 2 nitrogen and oxygen atoms in total. The van der Waals surface area contributed by atoms with Crippen LogP contribution in [0.4, 0.5) is 0 Å². The molecule has 0 bridgehead atoms. The highest BCUT2D eigenvalue weighted by Crippen LogP contribution is 2.21. The highest BCUT2D eigenvalue weighted by molar-refractivity contribution is 7.99. The molecule has 0 spiro atoms. The van der Waals surface area contributed by atoms with Crippen LogP contribution in [0.2, 0.25) is 0 Å². The molecule has 1 rings (SSSR count). The van der Waals surface area contributed by atoms with Crippen molar-refractivity contribution < 1.29 is 4.79 Å². The Balaban J connectivity index is 2.14. The summed E-state index contributed by atoms with van der Waals surface area (Å²) in [4.78, 5) is 10.7. The lowest BCUT2D eigenvalue weighted by atomic mass is 10.1. The van der Waals surface area contributed by atoms with Crippen LogP contribution in [0.25, 0.3) is 0 Å². The zero-order valence-corrected chi connectivity index (χ0v) is 7.82. The van der Waals surface area contributed by atoms with Gasteiger partial charge >= 0.3 is 0 Å². The molecule has 0 aromatic rings. The largest absolute Gasteiger partial charge is 0.345 e. The third-order valence-electron chi connectivity index (χ3n) is 1.94. The number of rotatable bonds is 2. The Morgan fingerprint density at radius 1 is 1.75 bits per heavy atom. The van der Waals surface area contributed by atoms with Crippen LogP contribution in [0, 0.1) is 18.3 Å². The van der Waals surface area contributed by atoms with Gasteiger partial charge in [-0.2, -0.15) is 11.8 Å².